The van der Waals surface area contributed by atoms with Crippen LogP contribution in [0, 0.1) is 0 Å². The van der Waals surface area contributed by atoms with Gasteiger partial charge in [-0.05, 0) is 31.9 Å². The molecule has 35 heavy (non-hydrogen) atoms. The fourth-order valence-corrected chi connectivity index (χ4v) is 5.11. The lowest BCUT2D eigenvalue weighted by Crippen LogP contribution is -2.54. The Morgan fingerprint density at radius 2 is 1.94 bits per heavy atom. The molecule has 2 heterocycles. The number of amides is 2. The van der Waals surface area contributed by atoms with Crippen molar-refractivity contribution in [1.82, 2.24) is 10.2 Å². The van der Waals surface area contributed by atoms with E-state index in [1.165, 1.54) is 17.7 Å². The summed E-state index contributed by atoms with van der Waals surface area (Å²) >= 11 is 12.7. The zero-order valence-electron chi connectivity index (χ0n) is 19.9. The van der Waals surface area contributed by atoms with Crippen LogP contribution in [-0.2, 0) is 20.9 Å². The molecule has 186 valence electrons. The van der Waals surface area contributed by atoms with E-state index in [4.69, 9.17) is 33.7 Å². The molecule has 1 aliphatic carbocycles. The molecule has 3 aliphatic rings. The van der Waals surface area contributed by atoms with Crippen molar-refractivity contribution in [2.24, 2.45) is 10.7 Å². The zero-order valence-corrected chi connectivity index (χ0v) is 21.4. The second kappa shape index (κ2) is 10.6. The van der Waals surface area contributed by atoms with Crippen LogP contribution in [0.3, 0.4) is 0 Å². The number of rotatable bonds is 8. The first-order valence-electron chi connectivity index (χ1n) is 11.7. The summed E-state index contributed by atoms with van der Waals surface area (Å²) in [7, 11) is 1.61. The highest BCUT2D eigenvalue weighted by Gasteiger charge is 2.49. The molecule has 4 rings (SSSR count). The van der Waals surface area contributed by atoms with E-state index in [2.05, 4.69) is 10.3 Å². The summed E-state index contributed by atoms with van der Waals surface area (Å²) in [6.45, 7) is 1.87. The van der Waals surface area contributed by atoms with Crippen LogP contribution in [-0.4, -0.2) is 53.2 Å². The van der Waals surface area contributed by atoms with Gasteiger partial charge in [-0.1, -0.05) is 42.1 Å². The number of benzene rings is 1. The van der Waals surface area contributed by atoms with Crippen LogP contribution in [0.1, 0.15) is 38.2 Å². The van der Waals surface area contributed by atoms with Gasteiger partial charge in [-0.3, -0.25) is 4.79 Å². The number of allylic oxidation sites excluding steroid dienone is 2. The fourth-order valence-electron chi connectivity index (χ4n) is 4.60. The average Bonchev–Trinajstić information content (AvgIpc) is 3.48. The first kappa shape index (κ1) is 25.6. The molecule has 3 N–H and O–H groups in total. The molecule has 0 bridgehead atoms. The smallest absolute Gasteiger partial charge is 0.343 e. The lowest BCUT2D eigenvalue weighted by Gasteiger charge is -2.32. The molecule has 0 saturated heterocycles. The summed E-state index contributed by atoms with van der Waals surface area (Å²) in [5, 5.41) is 4.31. The standard InChI is InChI=1S/C25H30Cl2N5O3/c1-16-14-32(23(34)13-29-17-6-3-4-7-17)11-10-21(31(2)22(33)12-28)24(25(32)30-16)35-15-18-19(26)8-5-9-20(18)27/h5,8-11,14,17,29H,3-4,6-7,12-13,15,28H2,1-2H3/q+1. The van der Waals surface area contributed by atoms with Gasteiger partial charge < -0.3 is 20.7 Å². The maximum absolute atomic E-state index is 13.6. The molecule has 1 atom stereocenters. The van der Waals surface area contributed by atoms with E-state index >= 15 is 0 Å². The van der Waals surface area contributed by atoms with E-state index in [1.54, 1.807) is 43.7 Å². The highest BCUT2D eigenvalue weighted by Crippen LogP contribution is 2.35. The Bertz CT molecular complexity index is 1130. The minimum absolute atomic E-state index is 0.0302. The second-order valence-corrected chi connectivity index (χ2v) is 9.73. The summed E-state index contributed by atoms with van der Waals surface area (Å²) in [5.41, 5.74) is 7.34. The Labute approximate surface area is 215 Å². The van der Waals surface area contributed by atoms with Crippen molar-refractivity contribution in [2.75, 3.05) is 20.1 Å². The van der Waals surface area contributed by atoms with E-state index in [1.807, 2.05) is 6.92 Å². The number of nitrogens with one attached hydrogen (secondary N) is 1. The van der Waals surface area contributed by atoms with Crippen LogP contribution >= 0.6 is 23.2 Å². The summed E-state index contributed by atoms with van der Waals surface area (Å²) < 4.78 is 6.02. The zero-order chi connectivity index (χ0) is 25.2. The maximum Gasteiger partial charge on any atom is 0.343 e. The summed E-state index contributed by atoms with van der Waals surface area (Å²) in [6.07, 6.45) is 9.72. The quantitative estimate of drug-likeness (QED) is 0.510. The van der Waals surface area contributed by atoms with Crippen molar-refractivity contribution in [3.05, 3.63) is 69.4 Å². The van der Waals surface area contributed by atoms with Gasteiger partial charge in [-0.2, -0.15) is 9.48 Å². The third-order valence-corrected chi connectivity index (χ3v) is 7.28. The number of carbonyl (C=O) groups excluding carboxylic acids is 2. The van der Waals surface area contributed by atoms with Gasteiger partial charge in [-0.25, -0.2) is 4.79 Å². The van der Waals surface area contributed by atoms with Gasteiger partial charge in [0.25, 0.3) is 5.84 Å². The number of hydrogen-bond donors (Lipinski definition) is 2. The molecule has 2 aliphatic heterocycles. The largest absolute Gasteiger partial charge is 0.480 e. The molecule has 8 nitrogen and oxygen atoms in total. The summed E-state index contributed by atoms with van der Waals surface area (Å²) in [5.74, 6) is 0.291. The highest BCUT2D eigenvalue weighted by atomic mass is 35.5. The topological polar surface area (TPSA) is 97.0 Å². The van der Waals surface area contributed by atoms with Gasteiger partial charge in [0.2, 0.25) is 11.7 Å². The van der Waals surface area contributed by atoms with Gasteiger partial charge in [0.1, 0.15) is 25.6 Å². The number of aliphatic imine (C=N–C) groups is 1. The second-order valence-electron chi connectivity index (χ2n) is 8.92. The number of ether oxygens (including phenoxy) is 1. The lowest BCUT2D eigenvalue weighted by molar-refractivity contribution is -0.646. The Balaban J connectivity index is 1.69. The van der Waals surface area contributed by atoms with E-state index in [-0.39, 0.29) is 36.0 Å². The number of quaternary nitrogens is 1. The van der Waals surface area contributed by atoms with Crippen molar-refractivity contribution < 1.29 is 18.8 Å². The van der Waals surface area contributed by atoms with Gasteiger partial charge in [0, 0.05) is 34.8 Å². The number of halogens is 2. The first-order chi connectivity index (χ1) is 16.8. The molecule has 0 radical (unpaired) electrons. The van der Waals surface area contributed by atoms with Gasteiger partial charge in [0.05, 0.1) is 17.9 Å². The molecule has 1 unspecified atom stereocenters. The van der Waals surface area contributed by atoms with Crippen LogP contribution < -0.4 is 11.1 Å². The van der Waals surface area contributed by atoms with Crippen molar-refractivity contribution in [3.8, 4) is 0 Å². The van der Waals surface area contributed by atoms with Crippen molar-refractivity contribution in [3.63, 3.8) is 0 Å². The lowest BCUT2D eigenvalue weighted by atomic mass is 10.1. The van der Waals surface area contributed by atoms with E-state index in [0.29, 0.717) is 44.6 Å². The molecule has 1 aromatic carbocycles. The van der Waals surface area contributed by atoms with Crippen LogP contribution in [0.5, 0.6) is 0 Å². The van der Waals surface area contributed by atoms with Crippen LogP contribution in [0.2, 0.25) is 10.0 Å². The van der Waals surface area contributed by atoms with Gasteiger partial charge in [-0.15, -0.1) is 0 Å². The average molecular weight is 519 g/mol. The maximum atomic E-state index is 13.6. The minimum atomic E-state index is -0.306. The Morgan fingerprint density at radius 1 is 1.26 bits per heavy atom. The van der Waals surface area contributed by atoms with Gasteiger partial charge >= 0.3 is 5.91 Å². The monoisotopic (exact) mass is 518 g/mol. The highest BCUT2D eigenvalue weighted by molar-refractivity contribution is 6.35. The molecule has 10 heteroatoms. The van der Waals surface area contributed by atoms with Crippen LogP contribution in [0.4, 0.5) is 0 Å². The third kappa shape index (κ3) is 5.08. The molecule has 1 aromatic rings. The summed E-state index contributed by atoms with van der Waals surface area (Å²) in [4.78, 5) is 32.1. The Kier molecular flexibility index (Phi) is 7.78. The number of hydrogen-bond acceptors (Lipinski definition) is 6. The first-order valence-corrected chi connectivity index (χ1v) is 12.4. The van der Waals surface area contributed by atoms with E-state index < -0.39 is 0 Å². The number of nitrogens with two attached hydrogens (primary N) is 1. The van der Waals surface area contributed by atoms with Crippen molar-refractivity contribution >= 4 is 40.9 Å². The third-order valence-electron chi connectivity index (χ3n) is 6.57. The Morgan fingerprint density at radius 3 is 2.60 bits per heavy atom. The van der Waals surface area contributed by atoms with Crippen LogP contribution in [0.15, 0.2) is 58.8 Å². The number of amidine groups is 1. The molecule has 1 saturated carbocycles. The van der Waals surface area contributed by atoms with Crippen molar-refractivity contribution in [2.45, 2.75) is 45.3 Å². The number of fused-ring (bicyclic) bond motifs is 1. The van der Waals surface area contributed by atoms with E-state index in [0.717, 1.165) is 12.8 Å². The van der Waals surface area contributed by atoms with E-state index in [9.17, 15) is 9.59 Å². The summed E-state index contributed by atoms with van der Waals surface area (Å²) in [6, 6.07) is 5.55. The minimum Gasteiger partial charge on any atom is -0.480 e. The number of likely N-dealkylation sites (N-methyl/N-ethyl adjacent to an activating group) is 1. The molecule has 0 spiro atoms. The number of carbonyl (C=O) groups is 2. The molecule has 0 aromatic heterocycles. The van der Waals surface area contributed by atoms with Crippen molar-refractivity contribution in [1.29, 1.82) is 0 Å². The molecular weight excluding hydrogens is 489 g/mol. The number of nitrogens with zero attached hydrogens (tertiary/aromatic N) is 3. The molecule has 2 amide bonds. The Hall–Kier alpha value is -2.49. The predicted molar refractivity (Wildman–Crippen MR) is 136 cm³/mol. The van der Waals surface area contributed by atoms with Crippen LogP contribution in [0.25, 0.3) is 0 Å². The van der Waals surface area contributed by atoms with Gasteiger partial charge in [0.15, 0.2) is 0 Å². The normalized spacial score (nSPS) is 21.6. The SMILES string of the molecule is CC1=C[N+]2(C(=O)CNC3CCCC3)C=CC(N(C)C(=O)CN)=C(OCc3c(Cl)cccc3Cl)C2=N1. The fraction of sp³-hybridized carbons (Fsp3) is 0.400. The predicted octanol–water partition coefficient (Wildman–Crippen LogP) is 3.82. The molecule has 1 fully saturated rings. The molecular formula is C25H30Cl2N5O3+.